The van der Waals surface area contributed by atoms with E-state index in [0.29, 0.717) is 24.2 Å². The average Bonchev–Trinajstić information content (AvgIpc) is 3.21. The Kier molecular flexibility index (Phi) is 5.59. The molecule has 3 atom stereocenters. The molecule has 1 N–H and O–H groups in total. The highest BCUT2D eigenvalue weighted by atomic mass is 19.1. The molecule has 2 aromatic rings. The standard InChI is InChI=1S/C22H25FN2O3/c1-27-14-21(26)24-22-18-8-3-2-7-17(18)19-12-25(13-20(19)22)9-10-28-16-6-4-5-15(23)11-16/h2-8,11,19-20,22H,9-10,12-14H2,1H3,(H,24,26)/t19-,20-,22+/m0/s1. The van der Waals surface area contributed by atoms with E-state index in [1.807, 2.05) is 6.07 Å². The van der Waals surface area contributed by atoms with Crippen molar-refractivity contribution in [2.45, 2.75) is 12.0 Å². The minimum absolute atomic E-state index is 0.0120. The van der Waals surface area contributed by atoms with Gasteiger partial charge >= 0.3 is 0 Å². The zero-order chi connectivity index (χ0) is 19.5. The van der Waals surface area contributed by atoms with Gasteiger partial charge in [0.15, 0.2) is 0 Å². The van der Waals surface area contributed by atoms with Gasteiger partial charge in [-0.3, -0.25) is 9.69 Å². The molecule has 4 rings (SSSR count). The lowest BCUT2D eigenvalue weighted by molar-refractivity contribution is -0.125. The van der Waals surface area contributed by atoms with Crippen LogP contribution >= 0.6 is 0 Å². The van der Waals surface area contributed by atoms with E-state index >= 15 is 0 Å². The normalized spacial score (nSPS) is 23.3. The molecule has 0 aromatic heterocycles. The van der Waals surface area contributed by atoms with Crippen LogP contribution in [0.2, 0.25) is 0 Å². The summed E-state index contributed by atoms with van der Waals surface area (Å²) in [6, 6.07) is 14.6. The summed E-state index contributed by atoms with van der Waals surface area (Å²) in [7, 11) is 1.53. The number of nitrogens with one attached hydrogen (secondary N) is 1. The fourth-order valence-corrected chi connectivity index (χ4v) is 4.51. The average molecular weight is 384 g/mol. The third kappa shape index (κ3) is 3.88. The van der Waals surface area contributed by atoms with E-state index in [2.05, 4.69) is 28.4 Å². The van der Waals surface area contributed by atoms with Crippen molar-refractivity contribution in [3.63, 3.8) is 0 Å². The molecule has 1 saturated heterocycles. The highest BCUT2D eigenvalue weighted by Gasteiger charge is 2.46. The van der Waals surface area contributed by atoms with Crippen molar-refractivity contribution >= 4 is 5.91 Å². The lowest BCUT2D eigenvalue weighted by Crippen LogP contribution is -2.36. The highest BCUT2D eigenvalue weighted by molar-refractivity contribution is 5.78. The lowest BCUT2D eigenvalue weighted by atomic mass is 9.94. The van der Waals surface area contributed by atoms with Gasteiger partial charge in [-0.25, -0.2) is 4.39 Å². The molecule has 0 unspecified atom stereocenters. The van der Waals surface area contributed by atoms with Gasteiger partial charge in [0.2, 0.25) is 5.91 Å². The van der Waals surface area contributed by atoms with Crippen molar-refractivity contribution in [1.82, 2.24) is 10.2 Å². The largest absolute Gasteiger partial charge is 0.492 e. The molecule has 5 nitrogen and oxygen atoms in total. The summed E-state index contributed by atoms with van der Waals surface area (Å²) < 4.78 is 23.9. The van der Waals surface area contributed by atoms with Crippen molar-refractivity contribution < 1.29 is 18.7 Å². The molecule has 28 heavy (non-hydrogen) atoms. The molecule has 0 bridgehead atoms. The van der Waals surface area contributed by atoms with Gasteiger partial charge in [0.05, 0.1) is 6.04 Å². The number of methoxy groups -OCH3 is 1. The van der Waals surface area contributed by atoms with Crippen LogP contribution in [0.4, 0.5) is 4.39 Å². The van der Waals surface area contributed by atoms with Crippen LogP contribution < -0.4 is 10.1 Å². The number of rotatable bonds is 7. The van der Waals surface area contributed by atoms with E-state index < -0.39 is 0 Å². The Morgan fingerprint density at radius 1 is 1.18 bits per heavy atom. The highest BCUT2D eigenvalue weighted by Crippen LogP contribution is 2.49. The maximum absolute atomic E-state index is 13.3. The molecule has 0 radical (unpaired) electrons. The molecule has 0 spiro atoms. The van der Waals surface area contributed by atoms with E-state index in [1.165, 1.54) is 30.4 Å². The van der Waals surface area contributed by atoms with Gasteiger partial charge in [0.25, 0.3) is 0 Å². The number of hydrogen-bond acceptors (Lipinski definition) is 4. The molecule has 1 heterocycles. The van der Waals surface area contributed by atoms with Gasteiger partial charge in [0.1, 0.15) is 24.8 Å². The van der Waals surface area contributed by atoms with Crippen LogP contribution in [0.1, 0.15) is 23.1 Å². The number of fused-ring (bicyclic) bond motifs is 3. The predicted octanol–water partition coefficient (Wildman–Crippen LogP) is 2.74. The maximum Gasteiger partial charge on any atom is 0.246 e. The molecule has 2 aliphatic rings. The number of carbonyl (C=O) groups excluding carboxylic acids is 1. The smallest absolute Gasteiger partial charge is 0.246 e. The summed E-state index contributed by atoms with van der Waals surface area (Å²) in [4.78, 5) is 14.5. The lowest BCUT2D eigenvalue weighted by Gasteiger charge is -2.23. The van der Waals surface area contributed by atoms with Crippen molar-refractivity contribution in [2.24, 2.45) is 5.92 Å². The number of hydrogen-bond donors (Lipinski definition) is 1. The molecule has 148 valence electrons. The Morgan fingerprint density at radius 2 is 2.00 bits per heavy atom. The monoisotopic (exact) mass is 384 g/mol. The summed E-state index contributed by atoms with van der Waals surface area (Å²) in [5.41, 5.74) is 2.54. The fraction of sp³-hybridized carbons (Fsp3) is 0.409. The summed E-state index contributed by atoms with van der Waals surface area (Å²) in [6.45, 7) is 3.17. The first kappa shape index (κ1) is 18.9. The number of likely N-dealkylation sites (tertiary alicyclic amines) is 1. The first-order valence-corrected chi connectivity index (χ1v) is 9.63. The Balaban J connectivity index is 1.40. The van der Waals surface area contributed by atoms with Crippen LogP contribution in [-0.2, 0) is 9.53 Å². The topological polar surface area (TPSA) is 50.8 Å². The van der Waals surface area contributed by atoms with Gasteiger partial charge in [-0.1, -0.05) is 30.3 Å². The van der Waals surface area contributed by atoms with Gasteiger partial charge in [-0.15, -0.1) is 0 Å². The van der Waals surface area contributed by atoms with Gasteiger partial charge in [-0.2, -0.15) is 0 Å². The zero-order valence-corrected chi connectivity index (χ0v) is 15.9. The third-order valence-electron chi connectivity index (χ3n) is 5.66. The Bertz CT molecular complexity index is 844. The second kappa shape index (κ2) is 8.29. The van der Waals surface area contributed by atoms with Crippen LogP contribution in [0, 0.1) is 11.7 Å². The fourth-order valence-electron chi connectivity index (χ4n) is 4.51. The van der Waals surface area contributed by atoms with E-state index in [1.54, 1.807) is 12.1 Å². The van der Waals surface area contributed by atoms with Crippen molar-refractivity contribution in [1.29, 1.82) is 0 Å². The van der Waals surface area contributed by atoms with E-state index in [9.17, 15) is 9.18 Å². The van der Waals surface area contributed by atoms with E-state index in [0.717, 1.165) is 19.6 Å². The van der Waals surface area contributed by atoms with Crippen molar-refractivity contribution in [2.75, 3.05) is 40.0 Å². The first-order valence-electron chi connectivity index (χ1n) is 9.63. The summed E-state index contributed by atoms with van der Waals surface area (Å²) in [6.07, 6.45) is 0. The molecule has 0 saturated carbocycles. The zero-order valence-electron chi connectivity index (χ0n) is 15.9. The number of benzene rings is 2. The number of halogens is 1. The molecular formula is C22H25FN2O3. The minimum Gasteiger partial charge on any atom is -0.492 e. The Morgan fingerprint density at radius 3 is 2.79 bits per heavy atom. The third-order valence-corrected chi connectivity index (χ3v) is 5.66. The SMILES string of the molecule is COCC(=O)N[C@@H]1c2ccccc2[C@@H]2CN(CCOc3cccc(F)c3)C[C@H]12. The van der Waals surface area contributed by atoms with Crippen LogP contribution in [0.25, 0.3) is 0 Å². The first-order chi connectivity index (χ1) is 13.7. The van der Waals surface area contributed by atoms with E-state index in [4.69, 9.17) is 9.47 Å². The van der Waals surface area contributed by atoms with Gasteiger partial charge in [-0.05, 0) is 23.3 Å². The molecule has 1 aliphatic heterocycles. The molecule has 2 aromatic carbocycles. The summed E-state index contributed by atoms with van der Waals surface area (Å²) >= 11 is 0. The van der Waals surface area contributed by atoms with Crippen LogP contribution in [0.5, 0.6) is 5.75 Å². The number of carbonyl (C=O) groups is 1. The van der Waals surface area contributed by atoms with E-state index in [-0.39, 0.29) is 24.4 Å². The predicted molar refractivity (Wildman–Crippen MR) is 104 cm³/mol. The Hall–Kier alpha value is -2.44. The molecular weight excluding hydrogens is 359 g/mol. The number of nitrogens with zero attached hydrogens (tertiary/aromatic N) is 1. The van der Waals surface area contributed by atoms with Crippen LogP contribution in [0.15, 0.2) is 48.5 Å². The quantitative estimate of drug-likeness (QED) is 0.798. The summed E-state index contributed by atoms with van der Waals surface area (Å²) in [5, 5.41) is 3.15. The van der Waals surface area contributed by atoms with Crippen LogP contribution in [0.3, 0.4) is 0 Å². The maximum atomic E-state index is 13.3. The van der Waals surface area contributed by atoms with Crippen molar-refractivity contribution in [3.8, 4) is 5.75 Å². The number of ether oxygens (including phenoxy) is 2. The van der Waals surface area contributed by atoms with Gasteiger partial charge < -0.3 is 14.8 Å². The van der Waals surface area contributed by atoms with Crippen LogP contribution in [-0.4, -0.2) is 50.8 Å². The molecule has 1 amide bonds. The molecule has 1 aliphatic carbocycles. The van der Waals surface area contributed by atoms with Crippen molar-refractivity contribution in [3.05, 3.63) is 65.5 Å². The number of amides is 1. The second-order valence-electron chi connectivity index (χ2n) is 7.44. The second-order valence-corrected chi connectivity index (χ2v) is 7.44. The summed E-state index contributed by atoms with van der Waals surface area (Å²) in [5.74, 6) is 0.912. The molecule has 1 fully saturated rings. The molecule has 6 heteroatoms. The van der Waals surface area contributed by atoms with Gasteiger partial charge in [0, 0.05) is 44.6 Å². The Labute approximate surface area is 164 Å². The minimum atomic E-state index is -0.292.